The zero-order chi connectivity index (χ0) is 14.8. The van der Waals surface area contributed by atoms with Crippen molar-refractivity contribution in [2.24, 2.45) is 0 Å². The van der Waals surface area contributed by atoms with Crippen LogP contribution in [0.3, 0.4) is 0 Å². The summed E-state index contributed by atoms with van der Waals surface area (Å²) in [6.45, 7) is 2.12. The van der Waals surface area contributed by atoms with Gasteiger partial charge in [0, 0.05) is 31.3 Å². The summed E-state index contributed by atoms with van der Waals surface area (Å²) >= 11 is 6.24. The Morgan fingerprint density at radius 1 is 1.33 bits per heavy atom. The topological polar surface area (TPSA) is 32.7 Å². The van der Waals surface area contributed by atoms with Crippen LogP contribution in [-0.4, -0.2) is 42.4 Å². The summed E-state index contributed by atoms with van der Waals surface area (Å²) in [6, 6.07) is 12.6. The minimum absolute atomic E-state index is 0.266. The van der Waals surface area contributed by atoms with E-state index in [2.05, 4.69) is 17.0 Å². The summed E-state index contributed by atoms with van der Waals surface area (Å²) in [7, 11) is 1.71. The number of aliphatic hydroxyl groups excluding tert-OH is 1. The van der Waals surface area contributed by atoms with Crippen LogP contribution in [0.4, 0.5) is 0 Å². The summed E-state index contributed by atoms with van der Waals surface area (Å²) in [5, 5.41) is 13.1. The molecule has 0 radical (unpaired) electrons. The first-order valence-corrected chi connectivity index (χ1v) is 7.63. The quantitative estimate of drug-likeness (QED) is 0.942. The minimum atomic E-state index is -0.268. The summed E-state index contributed by atoms with van der Waals surface area (Å²) in [5.74, 6) is 0. The van der Waals surface area contributed by atoms with Gasteiger partial charge in [0.15, 0.2) is 0 Å². The maximum atomic E-state index is 9.92. The second-order valence-corrected chi connectivity index (χ2v) is 6.15. The zero-order valence-electron chi connectivity index (χ0n) is 12.1. The number of hydrogen-bond acceptors (Lipinski definition) is 3. The van der Waals surface area contributed by atoms with E-state index in [0.29, 0.717) is 13.2 Å². The summed E-state index contributed by atoms with van der Waals surface area (Å²) in [4.78, 5) is 2.28. The Hall–Kier alpha value is -1.13. The van der Waals surface area contributed by atoms with E-state index in [1.54, 1.807) is 7.11 Å². The third-order valence-corrected chi connectivity index (χ3v) is 4.37. The van der Waals surface area contributed by atoms with Crippen LogP contribution in [0, 0.1) is 0 Å². The molecule has 1 heterocycles. The summed E-state index contributed by atoms with van der Waals surface area (Å²) in [5.41, 5.74) is 1.20. The van der Waals surface area contributed by atoms with Crippen molar-refractivity contribution >= 4 is 22.4 Å². The molecule has 0 aliphatic carbocycles. The van der Waals surface area contributed by atoms with Crippen LogP contribution in [0.15, 0.2) is 36.4 Å². The maximum Gasteiger partial charge on any atom is 0.0683 e. The second-order valence-electron chi connectivity index (χ2n) is 5.71. The Kier molecular flexibility index (Phi) is 4.45. The van der Waals surface area contributed by atoms with Crippen LogP contribution in [-0.2, 0) is 11.3 Å². The molecule has 0 bridgehead atoms. The zero-order valence-corrected chi connectivity index (χ0v) is 12.9. The smallest absolute Gasteiger partial charge is 0.0683 e. The van der Waals surface area contributed by atoms with Gasteiger partial charge in [-0.2, -0.15) is 0 Å². The maximum absolute atomic E-state index is 9.92. The summed E-state index contributed by atoms with van der Waals surface area (Å²) < 4.78 is 5.27. The SMILES string of the molecule is COC[C@H]1C[C@@H](O)CN1Cc1cc(Cl)cc2ccccc12. The highest BCUT2D eigenvalue weighted by molar-refractivity contribution is 6.31. The van der Waals surface area contributed by atoms with Crippen LogP contribution >= 0.6 is 11.6 Å². The number of hydrogen-bond donors (Lipinski definition) is 1. The van der Waals surface area contributed by atoms with Crippen molar-refractivity contribution in [1.29, 1.82) is 0 Å². The first-order valence-electron chi connectivity index (χ1n) is 7.25. The van der Waals surface area contributed by atoms with Crippen molar-refractivity contribution in [3.8, 4) is 0 Å². The third kappa shape index (κ3) is 3.22. The normalized spacial score (nSPS) is 23.0. The number of halogens is 1. The molecule has 0 unspecified atom stereocenters. The van der Waals surface area contributed by atoms with Gasteiger partial charge in [-0.05, 0) is 34.9 Å². The molecule has 0 aromatic heterocycles. The molecule has 2 aromatic rings. The molecule has 3 rings (SSSR count). The molecule has 4 heteroatoms. The van der Waals surface area contributed by atoms with Crippen molar-refractivity contribution in [3.63, 3.8) is 0 Å². The minimum Gasteiger partial charge on any atom is -0.392 e. The highest BCUT2D eigenvalue weighted by Gasteiger charge is 2.30. The lowest BCUT2D eigenvalue weighted by Crippen LogP contribution is -2.32. The highest BCUT2D eigenvalue weighted by atomic mass is 35.5. The van der Waals surface area contributed by atoms with Crippen LogP contribution in [0.2, 0.25) is 5.02 Å². The Morgan fingerprint density at radius 3 is 2.95 bits per heavy atom. The molecule has 1 aliphatic heterocycles. The van der Waals surface area contributed by atoms with Crippen LogP contribution < -0.4 is 0 Å². The standard InChI is InChI=1S/C17H20ClNO2/c1-21-11-15-8-16(20)10-19(15)9-13-7-14(18)6-12-4-2-3-5-17(12)13/h2-7,15-16,20H,8-11H2,1H3/t15-,16-/m1/s1. The molecule has 1 N–H and O–H groups in total. The predicted octanol–water partition coefficient (Wildman–Crippen LogP) is 3.07. The second kappa shape index (κ2) is 6.32. The first kappa shape index (κ1) is 14.8. The van der Waals surface area contributed by atoms with Crippen LogP contribution in [0.5, 0.6) is 0 Å². The Bertz CT molecular complexity index is 631. The van der Waals surface area contributed by atoms with Gasteiger partial charge in [0.05, 0.1) is 12.7 Å². The largest absolute Gasteiger partial charge is 0.392 e. The number of aliphatic hydroxyl groups is 1. The predicted molar refractivity (Wildman–Crippen MR) is 85.7 cm³/mol. The number of ether oxygens (including phenoxy) is 1. The van der Waals surface area contributed by atoms with Crippen LogP contribution in [0.1, 0.15) is 12.0 Å². The lowest BCUT2D eigenvalue weighted by Gasteiger charge is -2.24. The molecule has 1 aliphatic rings. The molecule has 0 saturated carbocycles. The van der Waals surface area contributed by atoms with Gasteiger partial charge >= 0.3 is 0 Å². The number of likely N-dealkylation sites (tertiary alicyclic amines) is 1. The monoisotopic (exact) mass is 305 g/mol. The number of nitrogens with zero attached hydrogens (tertiary/aromatic N) is 1. The van der Waals surface area contributed by atoms with Gasteiger partial charge in [0.25, 0.3) is 0 Å². The van der Waals surface area contributed by atoms with Gasteiger partial charge in [0.2, 0.25) is 0 Å². The van der Waals surface area contributed by atoms with Gasteiger partial charge in [-0.1, -0.05) is 35.9 Å². The van der Waals surface area contributed by atoms with Crippen molar-refractivity contribution in [2.45, 2.75) is 25.1 Å². The Balaban J connectivity index is 1.90. The van der Waals surface area contributed by atoms with E-state index >= 15 is 0 Å². The molecular weight excluding hydrogens is 286 g/mol. The molecule has 1 fully saturated rings. The van der Waals surface area contributed by atoms with E-state index in [-0.39, 0.29) is 12.1 Å². The van der Waals surface area contributed by atoms with E-state index in [0.717, 1.165) is 23.4 Å². The molecule has 0 spiro atoms. The van der Waals surface area contributed by atoms with Crippen LogP contribution in [0.25, 0.3) is 10.8 Å². The Morgan fingerprint density at radius 2 is 2.14 bits per heavy atom. The van der Waals surface area contributed by atoms with Crippen molar-refractivity contribution in [3.05, 3.63) is 47.0 Å². The third-order valence-electron chi connectivity index (χ3n) is 4.15. The van der Waals surface area contributed by atoms with E-state index < -0.39 is 0 Å². The van der Waals surface area contributed by atoms with E-state index in [4.69, 9.17) is 16.3 Å². The average molecular weight is 306 g/mol. The van der Waals surface area contributed by atoms with Gasteiger partial charge < -0.3 is 9.84 Å². The molecule has 1 saturated heterocycles. The summed E-state index contributed by atoms with van der Waals surface area (Å²) in [6.07, 6.45) is 0.502. The molecule has 2 atom stereocenters. The fourth-order valence-electron chi connectivity index (χ4n) is 3.22. The average Bonchev–Trinajstić information content (AvgIpc) is 2.79. The van der Waals surface area contributed by atoms with Gasteiger partial charge in [0.1, 0.15) is 0 Å². The molecule has 2 aromatic carbocycles. The van der Waals surface area contributed by atoms with Crippen molar-refractivity contribution < 1.29 is 9.84 Å². The number of methoxy groups -OCH3 is 1. The van der Waals surface area contributed by atoms with Crippen molar-refractivity contribution in [2.75, 3.05) is 20.3 Å². The van der Waals surface area contributed by atoms with Gasteiger partial charge in [-0.25, -0.2) is 0 Å². The molecule has 0 amide bonds. The van der Waals surface area contributed by atoms with E-state index in [1.807, 2.05) is 24.3 Å². The Labute approximate surface area is 130 Å². The van der Waals surface area contributed by atoms with Gasteiger partial charge in [-0.3, -0.25) is 4.90 Å². The fraction of sp³-hybridized carbons (Fsp3) is 0.412. The van der Waals surface area contributed by atoms with E-state index in [1.165, 1.54) is 10.9 Å². The molecule has 3 nitrogen and oxygen atoms in total. The van der Waals surface area contributed by atoms with Gasteiger partial charge in [-0.15, -0.1) is 0 Å². The molecule has 21 heavy (non-hydrogen) atoms. The number of fused-ring (bicyclic) bond motifs is 1. The van der Waals surface area contributed by atoms with E-state index in [9.17, 15) is 5.11 Å². The highest BCUT2D eigenvalue weighted by Crippen LogP contribution is 2.28. The molecular formula is C17H20ClNO2. The lowest BCUT2D eigenvalue weighted by atomic mass is 10.0. The number of rotatable bonds is 4. The fourth-order valence-corrected chi connectivity index (χ4v) is 3.47. The number of benzene rings is 2. The molecule has 112 valence electrons. The first-order chi connectivity index (χ1) is 10.2. The lowest BCUT2D eigenvalue weighted by molar-refractivity contribution is 0.112. The van der Waals surface area contributed by atoms with Crippen molar-refractivity contribution in [1.82, 2.24) is 4.90 Å². The number of β-amino-alcohol motifs (C(OH)–C–C–N with tert-alkyl or cyclic N) is 1.